The van der Waals surface area contributed by atoms with Gasteiger partial charge in [-0.2, -0.15) is 0 Å². The van der Waals surface area contributed by atoms with Crippen molar-refractivity contribution in [3.05, 3.63) is 63.7 Å². The highest BCUT2D eigenvalue weighted by Crippen LogP contribution is 2.24. The molecule has 130 valence electrons. The van der Waals surface area contributed by atoms with Gasteiger partial charge in [-0.3, -0.25) is 14.5 Å². The lowest BCUT2D eigenvalue weighted by molar-refractivity contribution is -0.119. The molecular formula is C19H20ClN3O2. The van der Waals surface area contributed by atoms with Crippen LogP contribution in [0.5, 0.6) is 0 Å². The van der Waals surface area contributed by atoms with Crippen molar-refractivity contribution in [2.75, 3.05) is 18.4 Å². The molecule has 0 fully saturated rings. The van der Waals surface area contributed by atoms with Crippen molar-refractivity contribution in [1.29, 1.82) is 0 Å². The van der Waals surface area contributed by atoms with E-state index in [-0.39, 0.29) is 18.4 Å². The molecule has 2 amide bonds. The Hall–Kier alpha value is -2.37. The number of nitrogens with one attached hydrogen (secondary N) is 1. The van der Waals surface area contributed by atoms with Gasteiger partial charge < -0.3 is 11.1 Å². The first kappa shape index (κ1) is 17.5. The molecule has 0 spiro atoms. The molecule has 0 atom stereocenters. The summed E-state index contributed by atoms with van der Waals surface area (Å²) in [5.74, 6) is -0.573. The van der Waals surface area contributed by atoms with Crippen molar-refractivity contribution in [3.8, 4) is 0 Å². The molecule has 3 N–H and O–H groups in total. The molecule has 0 unspecified atom stereocenters. The third kappa shape index (κ3) is 4.18. The highest BCUT2D eigenvalue weighted by atomic mass is 35.5. The van der Waals surface area contributed by atoms with Crippen LogP contribution in [0.25, 0.3) is 0 Å². The van der Waals surface area contributed by atoms with Crippen LogP contribution in [0.4, 0.5) is 5.69 Å². The number of aryl methyl sites for hydroxylation is 1. The molecule has 5 nitrogen and oxygen atoms in total. The Balaban J connectivity index is 1.76. The highest BCUT2D eigenvalue weighted by molar-refractivity contribution is 6.34. The number of carbonyl (C=O) groups excluding carboxylic acids is 2. The molecule has 25 heavy (non-hydrogen) atoms. The molecule has 2 aromatic rings. The van der Waals surface area contributed by atoms with E-state index in [1.165, 1.54) is 5.56 Å². The number of fused-ring (bicyclic) bond motifs is 1. The average Bonchev–Trinajstić information content (AvgIpc) is 2.53. The zero-order valence-corrected chi connectivity index (χ0v) is 14.8. The van der Waals surface area contributed by atoms with Crippen molar-refractivity contribution in [1.82, 2.24) is 4.90 Å². The number of carbonyl (C=O) groups is 2. The minimum Gasteiger partial charge on any atom is -0.369 e. The van der Waals surface area contributed by atoms with Gasteiger partial charge in [-0.1, -0.05) is 23.7 Å². The van der Waals surface area contributed by atoms with Gasteiger partial charge in [0.1, 0.15) is 0 Å². The fourth-order valence-corrected chi connectivity index (χ4v) is 3.37. The van der Waals surface area contributed by atoms with Crippen LogP contribution in [0.3, 0.4) is 0 Å². The van der Waals surface area contributed by atoms with E-state index >= 15 is 0 Å². The molecule has 0 bridgehead atoms. The van der Waals surface area contributed by atoms with Crippen LogP contribution < -0.4 is 11.1 Å². The number of primary amides is 1. The van der Waals surface area contributed by atoms with Crippen LogP contribution in [-0.2, 0) is 17.8 Å². The first-order chi connectivity index (χ1) is 11.9. The molecule has 0 saturated carbocycles. The van der Waals surface area contributed by atoms with Gasteiger partial charge in [0.2, 0.25) is 5.91 Å². The van der Waals surface area contributed by atoms with Crippen molar-refractivity contribution in [2.24, 2.45) is 5.73 Å². The van der Waals surface area contributed by atoms with Crippen LogP contribution in [0.15, 0.2) is 36.4 Å². The SMILES string of the molecule is Cc1ccc(C(=O)Nc2ccc3c(c2)CN(CC(N)=O)CC3)c(Cl)c1. The number of anilines is 1. The molecular weight excluding hydrogens is 338 g/mol. The van der Waals surface area contributed by atoms with E-state index in [0.717, 1.165) is 24.1 Å². The third-order valence-electron chi connectivity index (χ3n) is 4.30. The van der Waals surface area contributed by atoms with E-state index in [4.69, 9.17) is 17.3 Å². The highest BCUT2D eigenvalue weighted by Gasteiger charge is 2.18. The van der Waals surface area contributed by atoms with Gasteiger partial charge >= 0.3 is 0 Å². The molecule has 2 aromatic carbocycles. The Bertz CT molecular complexity index is 835. The van der Waals surface area contributed by atoms with Crippen LogP contribution in [0, 0.1) is 6.92 Å². The number of halogens is 1. The maximum absolute atomic E-state index is 12.5. The number of nitrogens with two attached hydrogens (primary N) is 1. The molecule has 0 radical (unpaired) electrons. The van der Waals surface area contributed by atoms with Gasteiger partial charge in [0.25, 0.3) is 5.91 Å². The van der Waals surface area contributed by atoms with Crippen molar-refractivity contribution in [2.45, 2.75) is 19.9 Å². The van der Waals surface area contributed by atoms with Crippen LogP contribution in [0.2, 0.25) is 5.02 Å². The molecule has 1 heterocycles. The number of hydrogen-bond acceptors (Lipinski definition) is 3. The first-order valence-electron chi connectivity index (χ1n) is 8.12. The zero-order chi connectivity index (χ0) is 18.0. The van der Waals surface area contributed by atoms with Gasteiger partial charge in [-0.05, 0) is 54.3 Å². The summed E-state index contributed by atoms with van der Waals surface area (Å²) in [6, 6.07) is 11.2. The summed E-state index contributed by atoms with van der Waals surface area (Å²) in [5, 5.41) is 3.32. The molecule has 3 rings (SSSR count). The van der Waals surface area contributed by atoms with E-state index in [1.54, 1.807) is 12.1 Å². The number of rotatable bonds is 4. The zero-order valence-electron chi connectivity index (χ0n) is 14.0. The lowest BCUT2D eigenvalue weighted by Crippen LogP contribution is -2.37. The monoisotopic (exact) mass is 357 g/mol. The van der Waals surface area contributed by atoms with E-state index < -0.39 is 0 Å². The maximum atomic E-state index is 12.5. The van der Waals surface area contributed by atoms with Gasteiger partial charge in [0.05, 0.1) is 17.1 Å². The second-order valence-corrected chi connectivity index (χ2v) is 6.76. The molecule has 0 saturated heterocycles. The third-order valence-corrected chi connectivity index (χ3v) is 4.62. The number of nitrogens with zero attached hydrogens (tertiary/aromatic N) is 1. The van der Waals surface area contributed by atoms with Gasteiger partial charge in [-0.25, -0.2) is 0 Å². The number of hydrogen-bond donors (Lipinski definition) is 2. The lowest BCUT2D eigenvalue weighted by atomic mass is 9.99. The molecule has 6 heteroatoms. The summed E-state index contributed by atoms with van der Waals surface area (Å²) in [4.78, 5) is 25.6. The van der Waals surface area contributed by atoms with Crippen LogP contribution in [-0.4, -0.2) is 29.8 Å². The Labute approximate surface area is 151 Å². The summed E-state index contributed by atoms with van der Waals surface area (Å²) in [6.07, 6.45) is 0.862. The van der Waals surface area contributed by atoms with Crippen LogP contribution in [0.1, 0.15) is 27.0 Å². The Morgan fingerprint density at radius 2 is 2.00 bits per heavy atom. The number of amides is 2. The quantitative estimate of drug-likeness (QED) is 0.883. The van der Waals surface area contributed by atoms with E-state index in [1.807, 2.05) is 36.1 Å². The molecule has 0 aromatic heterocycles. The van der Waals surface area contributed by atoms with Gasteiger partial charge in [0.15, 0.2) is 0 Å². The van der Waals surface area contributed by atoms with Gasteiger partial charge in [-0.15, -0.1) is 0 Å². The summed E-state index contributed by atoms with van der Waals surface area (Å²) in [5.41, 5.74) is 9.76. The van der Waals surface area contributed by atoms with Crippen molar-refractivity contribution >= 4 is 29.1 Å². The lowest BCUT2D eigenvalue weighted by Gasteiger charge is -2.28. The Morgan fingerprint density at radius 1 is 1.20 bits per heavy atom. The summed E-state index contributed by atoms with van der Waals surface area (Å²) in [6.45, 7) is 3.62. The fourth-order valence-electron chi connectivity index (χ4n) is 3.05. The Morgan fingerprint density at radius 3 is 2.72 bits per heavy atom. The normalized spacial score (nSPS) is 14.0. The maximum Gasteiger partial charge on any atom is 0.257 e. The minimum absolute atomic E-state index is 0.241. The molecule has 1 aliphatic heterocycles. The smallest absolute Gasteiger partial charge is 0.257 e. The molecule has 0 aliphatic carbocycles. The second kappa shape index (κ2) is 7.25. The predicted octanol–water partition coefficient (Wildman–Crippen LogP) is 2.74. The largest absolute Gasteiger partial charge is 0.369 e. The van der Waals surface area contributed by atoms with E-state index in [2.05, 4.69) is 5.32 Å². The van der Waals surface area contributed by atoms with Crippen molar-refractivity contribution < 1.29 is 9.59 Å². The topological polar surface area (TPSA) is 75.4 Å². The van der Waals surface area contributed by atoms with Crippen molar-refractivity contribution in [3.63, 3.8) is 0 Å². The fraction of sp³-hybridized carbons (Fsp3) is 0.263. The van der Waals surface area contributed by atoms with Gasteiger partial charge in [0, 0.05) is 18.8 Å². The van der Waals surface area contributed by atoms with Crippen LogP contribution >= 0.6 is 11.6 Å². The predicted molar refractivity (Wildman–Crippen MR) is 98.8 cm³/mol. The second-order valence-electron chi connectivity index (χ2n) is 6.35. The van der Waals surface area contributed by atoms with E-state index in [9.17, 15) is 9.59 Å². The average molecular weight is 358 g/mol. The Kier molecular flexibility index (Phi) is 5.06. The summed E-state index contributed by atoms with van der Waals surface area (Å²) < 4.78 is 0. The number of benzene rings is 2. The van der Waals surface area contributed by atoms with E-state index in [0.29, 0.717) is 22.8 Å². The first-order valence-corrected chi connectivity index (χ1v) is 8.50. The summed E-state index contributed by atoms with van der Waals surface area (Å²) in [7, 11) is 0. The summed E-state index contributed by atoms with van der Waals surface area (Å²) >= 11 is 6.16. The standard InChI is InChI=1S/C19H20ClN3O2/c1-12-2-5-16(17(20)8-12)19(25)22-15-4-3-13-6-7-23(11-18(21)24)10-14(13)9-15/h2-5,8-9H,6-7,10-11H2,1H3,(H2,21,24)(H,22,25). The molecule has 1 aliphatic rings. The minimum atomic E-state index is -0.332.